The molecule has 0 aromatic rings. The maximum atomic E-state index is 11.7. The Morgan fingerprint density at radius 1 is 1.53 bits per heavy atom. The molecule has 1 rings (SSSR count). The SMILES string of the molecule is CC=CC=CC(=O)N1CCCC(CN)C1. The van der Waals surface area contributed by atoms with Crippen molar-refractivity contribution in [1.29, 1.82) is 0 Å². The van der Waals surface area contributed by atoms with Crippen molar-refractivity contribution in [3.05, 3.63) is 24.3 Å². The molecule has 1 aliphatic rings. The maximum Gasteiger partial charge on any atom is 0.246 e. The number of rotatable bonds is 3. The average Bonchev–Trinajstić information content (AvgIpc) is 2.29. The fourth-order valence-corrected chi connectivity index (χ4v) is 1.81. The molecular weight excluding hydrogens is 188 g/mol. The number of carbonyl (C=O) groups is 1. The summed E-state index contributed by atoms with van der Waals surface area (Å²) in [6, 6.07) is 0. The predicted molar refractivity (Wildman–Crippen MR) is 62.3 cm³/mol. The third-order valence-corrected chi connectivity index (χ3v) is 2.71. The van der Waals surface area contributed by atoms with Gasteiger partial charge in [0.15, 0.2) is 0 Å². The number of nitrogens with two attached hydrogens (primary N) is 1. The lowest BCUT2D eigenvalue weighted by Crippen LogP contribution is -2.41. The molecule has 0 saturated carbocycles. The van der Waals surface area contributed by atoms with Gasteiger partial charge in [-0.2, -0.15) is 0 Å². The number of hydrogen-bond donors (Lipinski definition) is 1. The van der Waals surface area contributed by atoms with Gasteiger partial charge >= 0.3 is 0 Å². The number of likely N-dealkylation sites (tertiary alicyclic amines) is 1. The van der Waals surface area contributed by atoms with Crippen LogP contribution in [0.25, 0.3) is 0 Å². The molecule has 1 atom stereocenters. The summed E-state index contributed by atoms with van der Waals surface area (Å²) in [6.07, 6.45) is 9.40. The van der Waals surface area contributed by atoms with E-state index in [9.17, 15) is 4.79 Å². The molecular formula is C12H20N2O. The van der Waals surface area contributed by atoms with Gasteiger partial charge in [0.1, 0.15) is 0 Å². The standard InChI is InChI=1S/C12H20N2O/c1-2-3-4-7-12(15)14-8-5-6-11(9-13)10-14/h2-4,7,11H,5-6,8-10,13H2,1H3. The normalized spacial score (nSPS) is 22.8. The van der Waals surface area contributed by atoms with Crippen molar-refractivity contribution in [2.75, 3.05) is 19.6 Å². The first-order valence-electron chi connectivity index (χ1n) is 5.56. The summed E-state index contributed by atoms with van der Waals surface area (Å²) >= 11 is 0. The van der Waals surface area contributed by atoms with Crippen molar-refractivity contribution >= 4 is 5.91 Å². The summed E-state index contributed by atoms with van der Waals surface area (Å²) in [4.78, 5) is 13.6. The van der Waals surface area contributed by atoms with Gasteiger partial charge in [-0.3, -0.25) is 4.79 Å². The predicted octanol–water partition coefficient (Wildman–Crippen LogP) is 1.32. The highest BCUT2D eigenvalue weighted by molar-refractivity contribution is 5.87. The van der Waals surface area contributed by atoms with Gasteiger partial charge in [-0.05, 0) is 32.2 Å². The Kier molecular flexibility index (Phi) is 5.12. The minimum Gasteiger partial charge on any atom is -0.339 e. The van der Waals surface area contributed by atoms with E-state index in [1.165, 1.54) is 0 Å². The molecule has 1 saturated heterocycles. The van der Waals surface area contributed by atoms with Crippen molar-refractivity contribution in [3.63, 3.8) is 0 Å². The van der Waals surface area contributed by atoms with Crippen LogP contribution in [0.2, 0.25) is 0 Å². The highest BCUT2D eigenvalue weighted by Gasteiger charge is 2.20. The third-order valence-electron chi connectivity index (χ3n) is 2.71. The number of piperidine rings is 1. The van der Waals surface area contributed by atoms with Crippen LogP contribution in [0.1, 0.15) is 19.8 Å². The van der Waals surface area contributed by atoms with E-state index in [1.54, 1.807) is 12.2 Å². The molecule has 84 valence electrons. The second-order valence-electron chi connectivity index (χ2n) is 3.91. The Labute approximate surface area is 91.6 Å². The van der Waals surface area contributed by atoms with E-state index in [0.717, 1.165) is 25.9 Å². The van der Waals surface area contributed by atoms with Gasteiger partial charge in [0, 0.05) is 19.2 Å². The summed E-state index contributed by atoms with van der Waals surface area (Å²) in [5.41, 5.74) is 5.62. The van der Waals surface area contributed by atoms with Gasteiger partial charge < -0.3 is 10.6 Å². The fourth-order valence-electron chi connectivity index (χ4n) is 1.81. The largest absolute Gasteiger partial charge is 0.339 e. The molecule has 1 fully saturated rings. The monoisotopic (exact) mass is 208 g/mol. The van der Waals surface area contributed by atoms with Crippen LogP contribution in [0, 0.1) is 5.92 Å². The Morgan fingerprint density at radius 3 is 3.00 bits per heavy atom. The van der Waals surface area contributed by atoms with Crippen molar-refractivity contribution < 1.29 is 4.79 Å². The van der Waals surface area contributed by atoms with Crippen molar-refractivity contribution in [2.45, 2.75) is 19.8 Å². The number of nitrogens with zero attached hydrogens (tertiary/aromatic N) is 1. The molecule has 3 heteroatoms. The van der Waals surface area contributed by atoms with Crippen LogP contribution in [0.4, 0.5) is 0 Å². The smallest absolute Gasteiger partial charge is 0.246 e. The third kappa shape index (κ3) is 3.88. The summed E-state index contributed by atoms with van der Waals surface area (Å²) < 4.78 is 0. The van der Waals surface area contributed by atoms with E-state index in [1.807, 2.05) is 24.0 Å². The van der Waals surface area contributed by atoms with Gasteiger partial charge in [-0.15, -0.1) is 0 Å². The van der Waals surface area contributed by atoms with E-state index in [4.69, 9.17) is 5.73 Å². The molecule has 3 nitrogen and oxygen atoms in total. The molecule has 0 radical (unpaired) electrons. The lowest BCUT2D eigenvalue weighted by atomic mass is 9.98. The zero-order valence-corrected chi connectivity index (χ0v) is 9.36. The Bertz CT molecular complexity index is 258. The van der Waals surface area contributed by atoms with Crippen molar-refractivity contribution in [1.82, 2.24) is 4.90 Å². The topological polar surface area (TPSA) is 46.3 Å². The highest BCUT2D eigenvalue weighted by Crippen LogP contribution is 2.15. The van der Waals surface area contributed by atoms with Crippen molar-refractivity contribution in [2.24, 2.45) is 11.7 Å². The van der Waals surface area contributed by atoms with Crippen LogP contribution in [-0.2, 0) is 4.79 Å². The Hall–Kier alpha value is -1.09. The Morgan fingerprint density at radius 2 is 2.33 bits per heavy atom. The molecule has 0 aliphatic carbocycles. The summed E-state index contributed by atoms with van der Waals surface area (Å²) in [6.45, 7) is 4.30. The van der Waals surface area contributed by atoms with Crippen LogP contribution in [0.15, 0.2) is 24.3 Å². The van der Waals surface area contributed by atoms with Crippen LogP contribution in [0.3, 0.4) is 0 Å². The second-order valence-corrected chi connectivity index (χ2v) is 3.91. The quantitative estimate of drug-likeness (QED) is 0.561. The minimum absolute atomic E-state index is 0.103. The average molecular weight is 208 g/mol. The van der Waals surface area contributed by atoms with E-state index < -0.39 is 0 Å². The van der Waals surface area contributed by atoms with Gasteiger partial charge in [-0.1, -0.05) is 18.2 Å². The van der Waals surface area contributed by atoms with Crippen LogP contribution in [0.5, 0.6) is 0 Å². The molecule has 0 bridgehead atoms. The number of carbonyl (C=O) groups excluding carboxylic acids is 1. The first-order valence-corrected chi connectivity index (χ1v) is 5.56. The lowest BCUT2D eigenvalue weighted by molar-refractivity contribution is -0.127. The molecule has 2 N–H and O–H groups in total. The van der Waals surface area contributed by atoms with Gasteiger partial charge in [0.05, 0.1) is 0 Å². The van der Waals surface area contributed by atoms with Gasteiger partial charge in [0.25, 0.3) is 0 Å². The fraction of sp³-hybridized carbons (Fsp3) is 0.583. The maximum absolute atomic E-state index is 11.7. The molecule has 1 amide bonds. The van der Waals surface area contributed by atoms with Crippen LogP contribution >= 0.6 is 0 Å². The molecule has 1 heterocycles. The molecule has 0 aromatic heterocycles. The van der Waals surface area contributed by atoms with Crippen LogP contribution in [-0.4, -0.2) is 30.4 Å². The van der Waals surface area contributed by atoms with Crippen LogP contribution < -0.4 is 5.73 Å². The second kappa shape index (κ2) is 6.40. The molecule has 15 heavy (non-hydrogen) atoms. The zero-order valence-electron chi connectivity index (χ0n) is 9.36. The summed E-state index contributed by atoms with van der Waals surface area (Å²) in [7, 11) is 0. The lowest BCUT2D eigenvalue weighted by Gasteiger charge is -2.31. The van der Waals surface area contributed by atoms with E-state index >= 15 is 0 Å². The Balaban J connectivity index is 2.45. The van der Waals surface area contributed by atoms with Gasteiger partial charge in [0.2, 0.25) is 5.91 Å². The number of hydrogen-bond acceptors (Lipinski definition) is 2. The van der Waals surface area contributed by atoms with E-state index in [2.05, 4.69) is 0 Å². The first kappa shape index (κ1) is 12.0. The minimum atomic E-state index is 0.103. The summed E-state index contributed by atoms with van der Waals surface area (Å²) in [5.74, 6) is 0.587. The molecule has 0 aromatic carbocycles. The first-order chi connectivity index (χ1) is 7.27. The van der Waals surface area contributed by atoms with E-state index in [0.29, 0.717) is 12.5 Å². The van der Waals surface area contributed by atoms with Crippen molar-refractivity contribution in [3.8, 4) is 0 Å². The zero-order chi connectivity index (χ0) is 11.1. The van der Waals surface area contributed by atoms with Gasteiger partial charge in [-0.25, -0.2) is 0 Å². The summed E-state index contributed by atoms with van der Waals surface area (Å²) in [5, 5.41) is 0. The molecule has 1 aliphatic heterocycles. The number of allylic oxidation sites excluding steroid dienone is 3. The number of amides is 1. The van der Waals surface area contributed by atoms with E-state index in [-0.39, 0.29) is 5.91 Å². The highest BCUT2D eigenvalue weighted by atomic mass is 16.2. The molecule has 1 unspecified atom stereocenters. The molecule has 0 spiro atoms.